The van der Waals surface area contributed by atoms with E-state index in [9.17, 15) is 9.59 Å². The van der Waals surface area contributed by atoms with E-state index in [2.05, 4.69) is 10.3 Å². The molecule has 9 heteroatoms. The highest BCUT2D eigenvalue weighted by Crippen LogP contribution is 2.30. The lowest BCUT2D eigenvalue weighted by Crippen LogP contribution is -2.44. The van der Waals surface area contributed by atoms with E-state index < -0.39 is 6.04 Å². The number of imidazole rings is 1. The Bertz CT molecular complexity index is 1080. The standard InChI is InChI=1S/C24H28N4O5/c1-27-10-7-25-22(27)21(18-12-19(31-2)14-20(13-18)32-3)26-23(29)16-4-8-28(9-5-16)24(30)17-6-11-33-15-17/h6-7,10-16,21H,4-5,8-9H2,1-3H3,(H,26,29). The molecule has 0 bridgehead atoms. The van der Waals surface area contributed by atoms with Crippen molar-refractivity contribution in [3.8, 4) is 11.5 Å². The van der Waals surface area contributed by atoms with Crippen LogP contribution in [0.5, 0.6) is 11.5 Å². The molecular formula is C24H28N4O5. The van der Waals surface area contributed by atoms with Crippen molar-refractivity contribution in [3.63, 3.8) is 0 Å². The number of carbonyl (C=O) groups excluding carboxylic acids is 2. The van der Waals surface area contributed by atoms with Gasteiger partial charge in [-0.15, -0.1) is 0 Å². The van der Waals surface area contributed by atoms with E-state index in [0.29, 0.717) is 48.8 Å². The van der Waals surface area contributed by atoms with Gasteiger partial charge in [0.05, 0.1) is 26.0 Å². The predicted molar refractivity (Wildman–Crippen MR) is 120 cm³/mol. The maximum absolute atomic E-state index is 13.3. The SMILES string of the molecule is COc1cc(OC)cc(C(NC(=O)C2CCN(C(=O)c3ccoc3)CC2)c2nccn2C)c1. The quantitative estimate of drug-likeness (QED) is 0.592. The summed E-state index contributed by atoms with van der Waals surface area (Å²) < 4.78 is 17.7. The Labute approximate surface area is 192 Å². The van der Waals surface area contributed by atoms with Gasteiger partial charge in [-0.3, -0.25) is 9.59 Å². The number of rotatable bonds is 7. The number of benzene rings is 1. The van der Waals surface area contributed by atoms with Crippen LogP contribution in [0.1, 0.15) is 40.6 Å². The minimum Gasteiger partial charge on any atom is -0.497 e. The van der Waals surface area contributed by atoms with Gasteiger partial charge in [0.2, 0.25) is 5.91 Å². The lowest BCUT2D eigenvalue weighted by molar-refractivity contribution is -0.126. The molecule has 3 aromatic rings. The lowest BCUT2D eigenvalue weighted by Gasteiger charge is -2.32. The molecule has 2 aromatic heterocycles. The minimum atomic E-state index is -0.480. The zero-order chi connectivity index (χ0) is 23.4. The smallest absolute Gasteiger partial charge is 0.257 e. The number of nitrogens with zero attached hydrogens (tertiary/aromatic N) is 3. The summed E-state index contributed by atoms with van der Waals surface area (Å²) in [5.41, 5.74) is 1.33. The summed E-state index contributed by atoms with van der Waals surface area (Å²) in [6, 6.07) is 6.70. The van der Waals surface area contributed by atoms with E-state index in [1.54, 1.807) is 37.4 Å². The van der Waals surface area contributed by atoms with Crippen molar-refractivity contribution in [1.29, 1.82) is 0 Å². The molecule has 1 saturated heterocycles. The van der Waals surface area contributed by atoms with Crippen molar-refractivity contribution in [3.05, 3.63) is 66.1 Å². The Balaban J connectivity index is 1.50. The Hall–Kier alpha value is -3.75. The number of likely N-dealkylation sites (tertiary alicyclic amines) is 1. The Morgan fingerprint density at radius 1 is 1.15 bits per heavy atom. The van der Waals surface area contributed by atoms with Crippen LogP contribution in [-0.2, 0) is 11.8 Å². The van der Waals surface area contributed by atoms with Crippen molar-refractivity contribution in [2.24, 2.45) is 13.0 Å². The third kappa shape index (κ3) is 4.87. The second-order valence-corrected chi connectivity index (χ2v) is 8.06. The molecule has 9 nitrogen and oxygen atoms in total. The van der Waals surface area contributed by atoms with Crippen molar-refractivity contribution < 1.29 is 23.5 Å². The monoisotopic (exact) mass is 452 g/mol. The second-order valence-electron chi connectivity index (χ2n) is 8.06. The molecule has 1 unspecified atom stereocenters. The number of nitrogens with one attached hydrogen (secondary N) is 1. The maximum Gasteiger partial charge on any atom is 0.257 e. The number of piperidine rings is 1. The number of ether oxygens (including phenoxy) is 2. The molecule has 0 radical (unpaired) electrons. The molecule has 3 heterocycles. The van der Waals surface area contributed by atoms with Crippen LogP contribution in [0.25, 0.3) is 0 Å². The molecule has 1 fully saturated rings. The molecular weight excluding hydrogens is 424 g/mol. The number of hydrogen-bond donors (Lipinski definition) is 1. The van der Waals surface area contributed by atoms with E-state index in [1.807, 2.05) is 29.9 Å². The predicted octanol–water partition coefficient (Wildman–Crippen LogP) is 2.79. The molecule has 1 aromatic carbocycles. The third-order valence-corrected chi connectivity index (χ3v) is 6.03. The molecule has 0 spiro atoms. The number of hydrogen-bond acceptors (Lipinski definition) is 6. The first-order valence-electron chi connectivity index (χ1n) is 10.8. The molecule has 1 aliphatic rings. The average molecular weight is 453 g/mol. The van der Waals surface area contributed by atoms with Crippen molar-refractivity contribution in [2.75, 3.05) is 27.3 Å². The summed E-state index contributed by atoms with van der Waals surface area (Å²) in [6.07, 6.45) is 7.64. The third-order valence-electron chi connectivity index (χ3n) is 6.03. The van der Waals surface area contributed by atoms with E-state index in [-0.39, 0.29) is 17.7 Å². The average Bonchev–Trinajstić information content (AvgIpc) is 3.54. The second kappa shape index (κ2) is 9.81. The number of amides is 2. The summed E-state index contributed by atoms with van der Waals surface area (Å²) in [7, 11) is 5.07. The van der Waals surface area contributed by atoms with E-state index >= 15 is 0 Å². The van der Waals surface area contributed by atoms with Crippen LogP contribution in [0.15, 0.2) is 53.6 Å². The summed E-state index contributed by atoms with van der Waals surface area (Å²) in [4.78, 5) is 32.0. The number of aryl methyl sites for hydroxylation is 1. The lowest BCUT2D eigenvalue weighted by atomic mass is 9.94. The summed E-state index contributed by atoms with van der Waals surface area (Å²) in [6.45, 7) is 1.03. The normalized spacial score (nSPS) is 15.2. The van der Waals surface area contributed by atoms with Gasteiger partial charge in [-0.05, 0) is 36.6 Å². The van der Waals surface area contributed by atoms with E-state index in [4.69, 9.17) is 13.9 Å². The summed E-state index contributed by atoms with van der Waals surface area (Å²) in [5.74, 6) is 1.62. The molecule has 4 rings (SSSR count). The number of carbonyl (C=O) groups is 2. The Morgan fingerprint density at radius 3 is 2.39 bits per heavy atom. The largest absolute Gasteiger partial charge is 0.497 e. The molecule has 1 aliphatic heterocycles. The van der Waals surface area contributed by atoms with Crippen molar-refractivity contribution in [2.45, 2.75) is 18.9 Å². The Kier molecular flexibility index (Phi) is 6.67. The number of methoxy groups -OCH3 is 2. The fourth-order valence-corrected chi connectivity index (χ4v) is 4.12. The molecule has 0 aliphatic carbocycles. The van der Waals surface area contributed by atoms with Crippen molar-refractivity contribution in [1.82, 2.24) is 19.8 Å². The van der Waals surface area contributed by atoms with Gasteiger partial charge in [-0.2, -0.15) is 0 Å². The molecule has 174 valence electrons. The highest BCUT2D eigenvalue weighted by Gasteiger charge is 2.31. The van der Waals surface area contributed by atoms with Crippen LogP contribution in [0.2, 0.25) is 0 Å². The van der Waals surface area contributed by atoms with Gasteiger partial charge < -0.3 is 28.7 Å². The first kappa shape index (κ1) is 22.4. The minimum absolute atomic E-state index is 0.0693. The van der Waals surface area contributed by atoms with Gasteiger partial charge in [0.15, 0.2) is 0 Å². The van der Waals surface area contributed by atoms with Crippen LogP contribution in [0, 0.1) is 5.92 Å². The van der Waals surface area contributed by atoms with Gasteiger partial charge in [0.25, 0.3) is 5.91 Å². The van der Waals surface area contributed by atoms with E-state index in [0.717, 1.165) is 5.56 Å². The first-order chi connectivity index (χ1) is 16.0. The molecule has 0 saturated carbocycles. The van der Waals surface area contributed by atoms with Crippen LogP contribution in [0.4, 0.5) is 0 Å². The van der Waals surface area contributed by atoms with Crippen LogP contribution < -0.4 is 14.8 Å². The van der Waals surface area contributed by atoms with Crippen LogP contribution in [-0.4, -0.2) is 53.6 Å². The van der Waals surface area contributed by atoms with Gasteiger partial charge in [-0.1, -0.05) is 0 Å². The van der Waals surface area contributed by atoms with Crippen LogP contribution in [0.3, 0.4) is 0 Å². The highest BCUT2D eigenvalue weighted by molar-refractivity contribution is 5.94. The van der Waals surface area contributed by atoms with Gasteiger partial charge in [-0.25, -0.2) is 4.98 Å². The van der Waals surface area contributed by atoms with Crippen molar-refractivity contribution >= 4 is 11.8 Å². The summed E-state index contributed by atoms with van der Waals surface area (Å²) >= 11 is 0. The topological polar surface area (TPSA) is 98.8 Å². The Morgan fingerprint density at radius 2 is 1.85 bits per heavy atom. The molecule has 1 N–H and O–H groups in total. The highest BCUT2D eigenvalue weighted by atomic mass is 16.5. The van der Waals surface area contributed by atoms with Gasteiger partial charge in [0, 0.05) is 44.5 Å². The maximum atomic E-state index is 13.3. The van der Waals surface area contributed by atoms with E-state index in [1.165, 1.54) is 12.5 Å². The van der Waals surface area contributed by atoms with Crippen LogP contribution >= 0.6 is 0 Å². The molecule has 33 heavy (non-hydrogen) atoms. The number of aromatic nitrogens is 2. The number of furan rings is 1. The zero-order valence-corrected chi connectivity index (χ0v) is 19.0. The fraction of sp³-hybridized carbons (Fsp3) is 0.375. The van der Waals surface area contributed by atoms with Gasteiger partial charge in [0.1, 0.15) is 29.6 Å². The fourth-order valence-electron chi connectivity index (χ4n) is 4.12. The summed E-state index contributed by atoms with van der Waals surface area (Å²) in [5, 5.41) is 3.17. The zero-order valence-electron chi connectivity index (χ0n) is 19.0. The molecule has 2 amide bonds. The first-order valence-corrected chi connectivity index (χ1v) is 10.8. The van der Waals surface area contributed by atoms with Gasteiger partial charge >= 0.3 is 0 Å². The molecule has 1 atom stereocenters.